The highest BCUT2D eigenvalue weighted by atomic mass is 16.3. The molecule has 0 unspecified atom stereocenters. The Morgan fingerprint density at radius 1 is 1.19 bits per heavy atom. The molecule has 1 aromatic heterocycles. The van der Waals surface area contributed by atoms with Crippen molar-refractivity contribution >= 4 is 11.6 Å². The lowest BCUT2D eigenvalue weighted by atomic mass is 9.84. The molecular weight excluding hydrogens is 268 g/mol. The van der Waals surface area contributed by atoms with Crippen molar-refractivity contribution in [1.29, 1.82) is 0 Å². The van der Waals surface area contributed by atoms with Crippen LogP contribution in [0.25, 0.3) is 11.4 Å². The predicted octanol–water partition coefficient (Wildman–Crippen LogP) is 2.11. The van der Waals surface area contributed by atoms with E-state index in [1.807, 2.05) is 12.1 Å². The Morgan fingerprint density at radius 2 is 1.90 bits per heavy atom. The molecule has 21 heavy (non-hydrogen) atoms. The van der Waals surface area contributed by atoms with Gasteiger partial charge in [-0.2, -0.15) is 5.10 Å². The lowest BCUT2D eigenvalue weighted by Crippen LogP contribution is -2.44. The van der Waals surface area contributed by atoms with Gasteiger partial charge in [-0.25, -0.2) is 4.98 Å². The molecule has 3 rings (SSSR count). The molecule has 1 heterocycles. The van der Waals surface area contributed by atoms with Crippen LogP contribution in [-0.2, 0) is 4.79 Å². The molecule has 1 aromatic carbocycles. The molecule has 0 radical (unpaired) electrons. The van der Waals surface area contributed by atoms with Crippen LogP contribution in [-0.4, -0.2) is 31.8 Å². The highest BCUT2D eigenvalue weighted by molar-refractivity contribution is 5.97. The Morgan fingerprint density at radius 3 is 2.52 bits per heavy atom. The molecule has 0 atom stereocenters. The van der Waals surface area contributed by atoms with E-state index in [1.54, 1.807) is 12.1 Å². The SMILES string of the molecule is O=C(Nc1ccc(-c2ncn[nH]2)cc1)C1(O)CCCCC1. The second-order valence-corrected chi connectivity index (χ2v) is 5.46. The van der Waals surface area contributed by atoms with Gasteiger partial charge < -0.3 is 10.4 Å². The molecule has 0 saturated heterocycles. The normalized spacial score (nSPS) is 17.4. The van der Waals surface area contributed by atoms with E-state index >= 15 is 0 Å². The van der Waals surface area contributed by atoms with Gasteiger partial charge in [-0.1, -0.05) is 19.3 Å². The fraction of sp³-hybridized carbons (Fsp3) is 0.400. The van der Waals surface area contributed by atoms with Crippen LogP contribution < -0.4 is 5.32 Å². The van der Waals surface area contributed by atoms with Gasteiger partial charge in [0.1, 0.15) is 11.9 Å². The summed E-state index contributed by atoms with van der Waals surface area (Å²) in [6.07, 6.45) is 5.40. The lowest BCUT2D eigenvalue weighted by molar-refractivity contribution is -0.137. The largest absolute Gasteiger partial charge is 0.380 e. The second-order valence-electron chi connectivity index (χ2n) is 5.46. The summed E-state index contributed by atoms with van der Waals surface area (Å²) in [4.78, 5) is 16.3. The first-order valence-corrected chi connectivity index (χ1v) is 7.17. The molecule has 2 aromatic rings. The van der Waals surface area contributed by atoms with E-state index in [-0.39, 0.29) is 5.91 Å². The number of aromatic nitrogens is 3. The summed E-state index contributed by atoms with van der Waals surface area (Å²) in [5.41, 5.74) is 0.339. The molecule has 110 valence electrons. The van der Waals surface area contributed by atoms with Crippen molar-refractivity contribution in [3.63, 3.8) is 0 Å². The summed E-state index contributed by atoms with van der Waals surface area (Å²) in [6, 6.07) is 7.28. The van der Waals surface area contributed by atoms with Crippen LogP contribution in [0.15, 0.2) is 30.6 Å². The maximum absolute atomic E-state index is 12.2. The number of nitrogens with one attached hydrogen (secondary N) is 2. The minimum atomic E-state index is -1.22. The zero-order chi connectivity index (χ0) is 14.7. The van der Waals surface area contributed by atoms with Crippen LogP contribution >= 0.6 is 0 Å². The number of carbonyl (C=O) groups excluding carboxylic acids is 1. The van der Waals surface area contributed by atoms with E-state index in [1.165, 1.54) is 6.33 Å². The lowest BCUT2D eigenvalue weighted by Gasteiger charge is -2.30. The van der Waals surface area contributed by atoms with Crippen LogP contribution in [0.5, 0.6) is 0 Å². The van der Waals surface area contributed by atoms with Gasteiger partial charge in [-0.05, 0) is 37.1 Å². The Bertz CT molecular complexity index is 601. The summed E-state index contributed by atoms with van der Waals surface area (Å²) in [5.74, 6) is 0.369. The third-order valence-electron chi connectivity index (χ3n) is 3.93. The number of benzene rings is 1. The van der Waals surface area contributed by atoms with E-state index in [9.17, 15) is 9.90 Å². The van der Waals surface area contributed by atoms with Gasteiger partial charge in [0.15, 0.2) is 5.82 Å². The fourth-order valence-corrected chi connectivity index (χ4v) is 2.67. The summed E-state index contributed by atoms with van der Waals surface area (Å²) in [5, 5.41) is 19.7. The molecule has 0 spiro atoms. The van der Waals surface area contributed by atoms with E-state index < -0.39 is 5.60 Å². The third-order valence-corrected chi connectivity index (χ3v) is 3.93. The number of carbonyl (C=O) groups is 1. The average molecular weight is 286 g/mol. The first-order valence-electron chi connectivity index (χ1n) is 7.17. The number of hydrogen-bond donors (Lipinski definition) is 3. The van der Waals surface area contributed by atoms with Crippen LogP contribution in [0.4, 0.5) is 5.69 Å². The molecule has 1 fully saturated rings. The van der Waals surface area contributed by atoms with Crippen molar-refractivity contribution in [2.24, 2.45) is 0 Å². The number of nitrogens with zero attached hydrogens (tertiary/aromatic N) is 2. The van der Waals surface area contributed by atoms with Gasteiger partial charge >= 0.3 is 0 Å². The van der Waals surface area contributed by atoms with Crippen molar-refractivity contribution in [2.45, 2.75) is 37.7 Å². The maximum atomic E-state index is 12.2. The van der Waals surface area contributed by atoms with Crippen molar-refractivity contribution in [1.82, 2.24) is 15.2 Å². The zero-order valence-electron chi connectivity index (χ0n) is 11.7. The molecular formula is C15H18N4O2. The highest BCUT2D eigenvalue weighted by Crippen LogP contribution is 2.29. The summed E-state index contributed by atoms with van der Waals surface area (Å²) in [6.45, 7) is 0. The Kier molecular flexibility index (Phi) is 3.70. The molecule has 0 bridgehead atoms. The zero-order valence-corrected chi connectivity index (χ0v) is 11.7. The number of amides is 1. The standard InChI is InChI=1S/C15H18N4O2/c20-14(15(21)8-2-1-3-9-15)18-12-6-4-11(5-7-12)13-16-10-17-19-13/h4-7,10,21H,1-3,8-9H2,(H,18,20)(H,16,17,19). The van der Waals surface area contributed by atoms with Crippen molar-refractivity contribution in [3.8, 4) is 11.4 Å². The van der Waals surface area contributed by atoms with E-state index in [4.69, 9.17) is 0 Å². The third kappa shape index (κ3) is 2.95. The molecule has 1 amide bonds. The van der Waals surface area contributed by atoms with Crippen LogP contribution in [0.2, 0.25) is 0 Å². The van der Waals surface area contributed by atoms with Gasteiger partial charge in [0.05, 0.1) is 0 Å². The number of hydrogen-bond acceptors (Lipinski definition) is 4. The summed E-state index contributed by atoms with van der Waals surface area (Å²) >= 11 is 0. The van der Waals surface area contributed by atoms with Crippen LogP contribution in [0.3, 0.4) is 0 Å². The predicted molar refractivity (Wildman–Crippen MR) is 78.5 cm³/mol. The first-order chi connectivity index (χ1) is 10.2. The monoisotopic (exact) mass is 286 g/mol. The van der Waals surface area contributed by atoms with Gasteiger partial charge in [0.2, 0.25) is 0 Å². The van der Waals surface area contributed by atoms with E-state index in [0.717, 1.165) is 24.8 Å². The molecule has 1 saturated carbocycles. The molecule has 6 heteroatoms. The summed E-state index contributed by atoms with van der Waals surface area (Å²) in [7, 11) is 0. The Hall–Kier alpha value is -2.21. The highest BCUT2D eigenvalue weighted by Gasteiger charge is 2.36. The number of aromatic amines is 1. The van der Waals surface area contributed by atoms with Crippen molar-refractivity contribution in [3.05, 3.63) is 30.6 Å². The van der Waals surface area contributed by atoms with Gasteiger partial charge in [-0.15, -0.1) is 0 Å². The van der Waals surface area contributed by atoms with Crippen molar-refractivity contribution < 1.29 is 9.90 Å². The van der Waals surface area contributed by atoms with Gasteiger partial charge in [0, 0.05) is 11.3 Å². The Balaban J connectivity index is 1.69. The number of H-pyrrole nitrogens is 1. The van der Waals surface area contributed by atoms with Crippen molar-refractivity contribution in [2.75, 3.05) is 5.32 Å². The van der Waals surface area contributed by atoms with Gasteiger partial charge in [0.25, 0.3) is 5.91 Å². The molecule has 6 nitrogen and oxygen atoms in total. The molecule has 1 aliphatic carbocycles. The summed E-state index contributed by atoms with van der Waals surface area (Å²) < 4.78 is 0. The van der Waals surface area contributed by atoms with Crippen LogP contribution in [0.1, 0.15) is 32.1 Å². The number of anilines is 1. The minimum Gasteiger partial charge on any atom is -0.380 e. The minimum absolute atomic E-state index is 0.311. The second kappa shape index (κ2) is 5.65. The van der Waals surface area contributed by atoms with E-state index in [2.05, 4.69) is 20.5 Å². The number of rotatable bonds is 3. The van der Waals surface area contributed by atoms with Crippen LogP contribution in [0, 0.1) is 0 Å². The number of aliphatic hydroxyl groups is 1. The molecule has 1 aliphatic rings. The topological polar surface area (TPSA) is 90.9 Å². The fourth-order valence-electron chi connectivity index (χ4n) is 2.67. The Labute approximate surface area is 122 Å². The quantitative estimate of drug-likeness (QED) is 0.806. The molecule has 0 aliphatic heterocycles. The molecule has 3 N–H and O–H groups in total. The van der Waals surface area contributed by atoms with Gasteiger partial charge in [-0.3, -0.25) is 9.89 Å². The average Bonchev–Trinajstić information content (AvgIpc) is 3.03. The smallest absolute Gasteiger partial charge is 0.256 e. The first kappa shape index (κ1) is 13.8. The van der Waals surface area contributed by atoms with E-state index in [0.29, 0.717) is 24.4 Å². The maximum Gasteiger partial charge on any atom is 0.256 e.